The predicted molar refractivity (Wildman–Crippen MR) is 92.1 cm³/mol. The molecule has 0 atom stereocenters. The fraction of sp³-hybridized carbons (Fsp3) is 0.176. The van der Waals surface area contributed by atoms with Gasteiger partial charge in [0.2, 0.25) is 0 Å². The third-order valence-electron chi connectivity index (χ3n) is 3.36. The number of hydrogen-bond donors (Lipinski definition) is 1. The van der Waals surface area contributed by atoms with Crippen molar-refractivity contribution in [2.24, 2.45) is 0 Å². The molecule has 9 heteroatoms. The predicted octanol–water partition coefficient (Wildman–Crippen LogP) is 3.44. The van der Waals surface area contributed by atoms with E-state index in [-0.39, 0.29) is 18.2 Å². The van der Waals surface area contributed by atoms with Gasteiger partial charge in [0.1, 0.15) is 10.6 Å². The minimum Gasteiger partial charge on any atom is -0.435 e. The van der Waals surface area contributed by atoms with Crippen molar-refractivity contribution in [3.05, 3.63) is 58.9 Å². The second kappa shape index (κ2) is 7.96. The van der Waals surface area contributed by atoms with E-state index in [1.165, 1.54) is 23.5 Å². The molecule has 3 rings (SSSR count). The Morgan fingerprint density at radius 2 is 1.92 bits per heavy atom. The van der Waals surface area contributed by atoms with E-state index < -0.39 is 6.61 Å². The molecule has 1 amide bonds. The second-order valence-corrected chi connectivity index (χ2v) is 6.21. The molecule has 0 saturated heterocycles. The zero-order chi connectivity index (χ0) is 18.5. The Labute approximate surface area is 151 Å². The lowest BCUT2D eigenvalue weighted by Gasteiger charge is -2.07. The van der Waals surface area contributed by atoms with Crippen LogP contribution in [0, 0.1) is 6.92 Å². The van der Waals surface area contributed by atoms with Crippen molar-refractivity contribution in [3.8, 4) is 16.6 Å². The molecule has 134 valence electrons. The molecule has 3 aromatic rings. The van der Waals surface area contributed by atoms with Gasteiger partial charge in [0.15, 0.2) is 10.8 Å². The lowest BCUT2D eigenvalue weighted by atomic mass is 10.2. The van der Waals surface area contributed by atoms with Gasteiger partial charge in [0.05, 0.1) is 5.69 Å². The Kier molecular flexibility index (Phi) is 5.47. The van der Waals surface area contributed by atoms with Crippen LogP contribution in [0.1, 0.15) is 20.9 Å². The lowest BCUT2D eigenvalue weighted by Crippen LogP contribution is -2.22. The van der Waals surface area contributed by atoms with Crippen molar-refractivity contribution in [2.45, 2.75) is 20.1 Å². The van der Waals surface area contributed by atoms with Crippen LogP contribution in [0.5, 0.6) is 5.75 Å². The van der Waals surface area contributed by atoms with Gasteiger partial charge in [0, 0.05) is 18.9 Å². The minimum atomic E-state index is -2.86. The molecule has 2 heterocycles. The molecule has 0 radical (unpaired) electrons. The molecule has 2 aromatic heterocycles. The van der Waals surface area contributed by atoms with Gasteiger partial charge >= 0.3 is 6.61 Å². The number of carbonyl (C=O) groups is 1. The highest BCUT2D eigenvalue weighted by Crippen LogP contribution is 2.25. The van der Waals surface area contributed by atoms with E-state index in [9.17, 15) is 13.6 Å². The number of nitrogens with one attached hydrogen (secondary N) is 1. The number of hydrogen-bond acceptors (Lipinski definition) is 6. The Bertz CT molecular complexity index is 886. The summed E-state index contributed by atoms with van der Waals surface area (Å²) in [7, 11) is 0. The van der Waals surface area contributed by atoms with Gasteiger partial charge in [0.25, 0.3) is 5.91 Å². The maximum atomic E-state index is 12.4. The SMILES string of the molecule is Cc1nc(-c2ncccn2)sc1C(=O)NCc1ccc(OC(F)F)cc1. The number of rotatable bonds is 6. The zero-order valence-electron chi connectivity index (χ0n) is 13.6. The van der Waals surface area contributed by atoms with Gasteiger partial charge in [-0.15, -0.1) is 11.3 Å². The maximum Gasteiger partial charge on any atom is 0.387 e. The molecule has 0 saturated carbocycles. The van der Waals surface area contributed by atoms with Crippen molar-refractivity contribution < 1.29 is 18.3 Å². The highest BCUT2D eigenvalue weighted by Gasteiger charge is 2.17. The van der Waals surface area contributed by atoms with E-state index in [4.69, 9.17) is 0 Å². The van der Waals surface area contributed by atoms with E-state index in [1.807, 2.05) is 0 Å². The Balaban J connectivity index is 1.64. The number of aromatic nitrogens is 3. The average Bonchev–Trinajstić information content (AvgIpc) is 3.03. The first-order valence-electron chi connectivity index (χ1n) is 7.59. The number of nitrogens with zero attached hydrogens (tertiary/aromatic N) is 3. The molecule has 0 spiro atoms. The Morgan fingerprint density at radius 1 is 1.23 bits per heavy atom. The van der Waals surface area contributed by atoms with Crippen molar-refractivity contribution in [1.82, 2.24) is 20.3 Å². The summed E-state index contributed by atoms with van der Waals surface area (Å²) in [5.41, 5.74) is 1.35. The number of thiazole rings is 1. The summed E-state index contributed by atoms with van der Waals surface area (Å²) in [4.78, 5) is 25.5. The molecule has 6 nitrogen and oxygen atoms in total. The summed E-state index contributed by atoms with van der Waals surface area (Å²) in [5, 5.41) is 3.35. The van der Waals surface area contributed by atoms with E-state index in [0.717, 1.165) is 5.56 Å². The zero-order valence-corrected chi connectivity index (χ0v) is 14.5. The van der Waals surface area contributed by atoms with Crippen LogP contribution in [-0.4, -0.2) is 27.5 Å². The average molecular weight is 376 g/mol. The van der Waals surface area contributed by atoms with Crippen molar-refractivity contribution in [1.29, 1.82) is 0 Å². The number of carbonyl (C=O) groups excluding carboxylic acids is 1. The molecular formula is C17H14F2N4O2S. The lowest BCUT2D eigenvalue weighted by molar-refractivity contribution is -0.0498. The number of benzene rings is 1. The molecule has 0 aliphatic heterocycles. The Hall–Kier alpha value is -2.94. The Morgan fingerprint density at radius 3 is 2.58 bits per heavy atom. The molecule has 0 aliphatic carbocycles. The van der Waals surface area contributed by atoms with E-state index in [1.54, 1.807) is 37.5 Å². The van der Waals surface area contributed by atoms with Crippen molar-refractivity contribution in [2.75, 3.05) is 0 Å². The maximum absolute atomic E-state index is 12.4. The first kappa shape index (κ1) is 17.9. The first-order valence-corrected chi connectivity index (χ1v) is 8.41. The minimum absolute atomic E-state index is 0.0703. The summed E-state index contributed by atoms with van der Waals surface area (Å²) < 4.78 is 28.6. The van der Waals surface area contributed by atoms with Gasteiger partial charge in [-0.05, 0) is 30.7 Å². The van der Waals surface area contributed by atoms with Crippen LogP contribution < -0.4 is 10.1 Å². The number of amides is 1. The van der Waals surface area contributed by atoms with Gasteiger partial charge in [-0.1, -0.05) is 12.1 Å². The standard InChI is InChI=1S/C17H14F2N4O2S/c1-10-13(26-16(23-10)14-20-7-2-8-21-14)15(24)22-9-11-3-5-12(6-4-11)25-17(18)19/h2-8,17H,9H2,1H3,(H,22,24). The molecular weight excluding hydrogens is 362 g/mol. The monoisotopic (exact) mass is 376 g/mol. The van der Waals surface area contributed by atoms with Gasteiger partial charge in [-0.3, -0.25) is 4.79 Å². The van der Waals surface area contributed by atoms with Crippen LogP contribution in [0.2, 0.25) is 0 Å². The fourth-order valence-corrected chi connectivity index (χ4v) is 3.09. The highest BCUT2D eigenvalue weighted by atomic mass is 32.1. The highest BCUT2D eigenvalue weighted by molar-refractivity contribution is 7.17. The number of alkyl halides is 2. The van der Waals surface area contributed by atoms with Crippen LogP contribution in [0.3, 0.4) is 0 Å². The summed E-state index contributed by atoms with van der Waals surface area (Å²) in [6.07, 6.45) is 3.22. The van der Waals surface area contributed by atoms with Gasteiger partial charge < -0.3 is 10.1 Å². The molecule has 1 aromatic carbocycles. The van der Waals surface area contributed by atoms with Crippen LogP contribution in [0.4, 0.5) is 8.78 Å². The molecule has 0 aliphatic rings. The third-order valence-corrected chi connectivity index (χ3v) is 4.51. The summed E-state index contributed by atoms with van der Waals surface area (Å²) in [6, 6.07) is 7.78. The summed E-state index contributed by atoms with van der Waals surface area (Å²) in [6.45, 7) is -0.867. The number of ether oxygens (including phenoxy) is 1. The topological polar surface area (TPSA) is 77.0 Å². The van der Waals surface area contributed by atoms with Gasteiger partial charge in [-0.2, -0.15) is 8.78 Å². The number of halogens is 2. The van der Waals surface area contributed by atoms with E-state index in [2.05, 4.69) is 25.0 Å². The molecule has 0 fully saturated rings. The van der Waals surface area contributed by atoms with Crippen molar-refractivity contribution >= 4 is 17.2 Å². The van der Waals surface area contributed by atoms with Crippen LogP contribution in [0.15, 0.2) is 42.7 Å². The summed E-state index contributed by atoms with van der Waals surface area (Å²) >= 11 is 1.21. The molecule has 1 N–H and O–H groups in total. The second-order valence-electron chi connectivity index (χ2n) is 5.21. The molecule has 0 bridgehead atoms. The van der Waals surface area contributed by atoms with Crippen LogP contribution in [0.25, 0.3) is 10.8 Å². The largest absolute Gasteiger partial charge is 0.435 e. The van der Waals surface area contributed by atoms with E-state index in [0.29, 0.717) is 21.4 Å². The number of aryl methyl sites for hydroxylation is 1. The van der Waals surface area contributed by atoms with E-state index >= 15 is 0 Å². The first-order chi connectivity index (χ1) is 12.5. The fourth-order valence-electron chi connectivity index (χ4n) is 2.16. The molecule has 26 heavy (non-hydrogen) atoms. The van der Waals surface area contributed by atoms with Gasteiger partial charge in [-0.25, -0.2) is 15.0 Å². The third kappa shape index (κ3) is 4.37. The smallest absolute Gasteiger partial charge is 0.387 e. The van der Waals surface area contributed by atoms with Crippen molar-refractivity contribution in [3.63, 3.8) is 0 Å². The van der Waals surface area contributed by atoms with Crippen LogP contribution >= 0.6 is 11.3 Å². The summed E-state index contributed by atoms with van der Waals surface area (Å²) in [5.74, 6) is 0.269. The normalized spacial score (nSPS) is 10.8. The quantitative estimate of drug-likeness (QED) is 0.713. The molecule has 0 unspecified atom stereocenters. The van der Waals surface area contributed by atoms with Crippen LogP contribution in [-0.2, 0) is 6.54 Å².